The third-order valence-electron chi connectivity index (χ3n) is 2.61. The summed E-state index contributed by atoms with van der Waals surface area (Å²) in [5, 5.41) is 10.3. The SMILES string of the molecule is O=C(Nc1ccccc1)c1n[nH]c2ccncc12. The Morgan fingerprint density at radius 2 is 2.00 bits per heavy atom. The van der Waals surface area contributed by atoms with Crippen LogP contribution < -0.4 is 5.32 Å². The van der Waals surface area contributed by atoms with Crippen LogP contribution in [0.5, 0.6) is 0 Å². The van der Waals surface area contributed by atoms with Crippen molar-refractivity contribution >= 4 is 22.5 Å². The number of carbonyl (C=O) groups is 1. The molecule has 0 radical (unpaired) electrons. The second kappa shape index (κ2) is 4.29. The van der Waals surface area contributed by atoms with Gasteiger partial charge in [-0.25, -0.2) is 0 Å². The first-order chi connectivity index (χ1) is 8.84. The zero-order valence-corrected chi connectivity index (χ0v) is 9.42. The summed E-state index contributed by atoms with van der Waals surface area (Å²) in [6.07, 6.45) is 3.28. The zero-order valence-electron chi connectivity index (χ0n) is 9.42. The molecule has 0 atom stereocenters. The van der Waals surface area contributed by atoms with Crippen LogP contribution in [-0.2, 0) is 0 Å². The number of carbonyl (C=O) groups excluding carboxylic acids is 1. The molecular formula is C13H10N4O. The number of aromatic nitrogens is 3. The Balaban J connectivity index is 1.93. The minimum atomic E-state index is -0.250. The standard InChI is InChI=1S/C13H10N4O/c18-13(15-9-4-2-1-3-5-9)12-10-8-14-7-6-11(10)16-17-12/h1-8H,(H,15,18)(H,16,17). The molecule has 2 N–H and O–H groups in total. The number of anilines is 1. The molecule has 3 rings (SSSR count). The molecule has 2 aromatic heterocycles. The maximum atomic E-state index is 12.1. The molecule has 0 saturated carbocycles. The van der Waals surface area contributed by atoms with Crippen molar-refractivity contribution in [3.8, 4) is 0 Å². The lowest BCUT2D eigenvalue weighted by atomic mass is 10.2. The van der Waals surface area contributed by atoms with Gasteiger partial charge >= 0.3 is 0 Å². The Morgan fingerprint density at radius 1 is 1.17 bits per heavy atom. The topological polar surface area (TPSA) is 70.7 Å². The normalized spacial score (nSPS) is 10.4. The van der Waals surface area contributed by atoms with Gasteiger partial charge in [0.25, 0.3) is 5.91 Å². The number of benzene rings is 1. The fourth-order valence-electron chi connectivity index (χ4n) is 1.74. The number of pyridine rings is 1. The van der Waals surface area contributed by atoms with E-state index >= 15 is 0 Å². The summed E-state index contributed by atoms with van der Waals surface area (Å²) in [5.74, 6) is -0.250. The van der Waals surface area contributed by atoms with Gasteiger partial charge in [0.2, 0.25) is 0 Å². The van der Waals surface area contributed by atoms with Crippen LogP contribution in [0.3, 0.4) is 0 Å². The summed E-state index contributed by atoms with van der Waals surface area (Å²) in [5.41, 5.74) is 1.88. The zero-order chi connectivity index (χ0) is 12.4. The molecule has 5 nitrogen and oxygen atoms in total. The number of aromatic amines is 1. The van der Waals surface area contributed by atoms with Crippen LogP contribution >= 0.6 is 0 Å². The molecule has 0 aliphatic rings. The van der Waals surface area contributed by atoms with Gasteiger partial charge in [0.1, 0.15) is 0 Å². The van der Waals surface area contributed by atoms with Crippen molar-refractivity contribution < 1.29 is 4.79 Å². The number of para-hydroxylation sites is 1. The van der Waals surface area contributed by atoms with E-state index in [2.05, 4.69) is 20.5 Å². The summed E-state index contributed by atoms with van der Waals surface area (Å²) in [4.78, 5) is 16.1. The highest BCUT2D eigenvalue weighted by molar-refractivity contribution is 6.10. The molecule has 0 spiro atoms. The Kier molecular flexibility index (Phi) is 2.49. The van der Waals surface area contributed by atoms with Crippen molar-refractivity contribution in [1.82, 2.24) is 15.2 Å². The maximum absolute atomic E-state index is 12.1. The van der Waals surface area contributed by atoms with E-state index in [0.29, 0.717) is 11.1 Å². The third-order valence-corrected chi connectivity index (χ3v) is 2.61. The lowest BCUT2D eigenvalue weighted by Gasteiger charge is -2.02. The monoisotopic (exact) mass is 238 g/mol. The van der Waals surface area contributed by atoms with Gasteiger partial charge in [-0.2, -0.15) is 5.10 Å². The molecule has 88 valence electrons. The minimum Gasteiger partial charge on any atom is -0.321 e. The minimum absolute atomic E-state index is 0.250. The fourth-order valence-corrected chi connectivity index (χ4v) is 1.74. The Hall–Kier alpha value is -2.69. The van der Waals surface area contributed by atoms with Crippen molar-refractivity contribution in [2.45, 2.75) is 0 Å². The third kappa shape index (κ3) is 1.82. The molecular weight excluding hydrogens is 228 g/mol. The summed E-state index contributed by atoms with van der Waals surface area (Å²) >= 11 is 0. The van der Waals surface area contributed by atoms with Gasteiger partial charge in [0.05, 0.1) is 10.9 Å². The molecule has 2 heterocycles. The van der Waals surface area contributed by atoms with Crippen LogP contribution in [0, 0.1) is 0 Å². The first-order valence-electron chi connectivity index (χ1n) is 5.49. The lowest BCUT2D eigenvalue weighted by molar-refractivity contribution is 0.102. The van der Waals surface area contributed by atoms with E-state index in [4.69, 9.17) is 0 Å². The van der Waals surface area contributed by atoms with Crippen molar-refractivity contribution in [1.29, 1.82) is 0 Å². The first-order valence-corrected chi connectivity index (χ1v) is 5.49. The lowest BCUT2D eigenvalue weighted by Crippen LogP contribution is -2.12. The number of fused-ring (bicyclic) bond motifs is 1. The van der Waals surface area contributed by atoms with E-state index in [0.717, 1.165) is 11.2 Å². The van der Waals surface area contributed by atoms with Gasteiger partial charge in [-0.05, 0) is 18.2 Å². The number of amides is 1. The van der Waals surface area contributed by atoms with Crippen molar-refractivity contribution in [2.75, 3.05) is 5.32 Å². The van der Waals surface area contributed by atoms with Gasteiger partial charge in [-0.1, -0.05) is 18.2 Å². The van der Waals surface area contributed by atoms with Crippen LogP contribution in [0.2, 0.25) is 0 Å². The van der Waals surface area contributed by atoms with E-state index in [1.54, 1.807) is 18.5 Å². The van der Waals surface area contributed by atoms with Gasteiger partial charge in [0.15, 0.2) is 5.69 Å². The molecule has 0 aliphatic carbocycles. The Labute approximate surface area is 103 Å². The maximum Gasteiger partial charge on any atom is 0.276 e. The van der Waals surface area contributed by atoms with Gasteiger partial charge in [-0.15, -0.1) is 0 Å². The van der Waals surface area contributed by atoms with Crippen LogP contribution in [0.15, 0.2) is 48.8 Å². The predicted octanol–water partition coefficient (Wildman–Crippen LogP) is 2.21. The fraction of sp³-hybridized carbons (Fsp3) is 0. The second-order valence-electron chi connectivity index (χ2n) is 3.81. The molecule has 0 fully saturated rings. The van der Waals surface area contributed by atoms with Crippen LogP contribution in [0.25, 0.3) is 10.9 Å². The van der Waals surface area contributed by atoms with Crippen molar-refractivity contribution in [3.05, 3.63) is 54.5 Å². The number of rotatable bonds is 2. The van der Waals surface area contributed by atoms with Crippen LogP contribution in [0.4, 0.5) is 5.69 Å². The average molecular weight is 238 g/mol. The Morgan fingerprint density at radius 3 is 2.83 bits per heavy atom. The van der Waals surface area contributed by atoms with Crippen LogP contribution in [-0.4, -0.2) is 21.1 Å². The van der Waals surface area contributed by atoms with Crippen molar-refractivity contribution in [3.63, 3.8) is 0 Å². The quantitative estimate of drug-likeness (QED) is 0.719. The number of nitrogens with zero attached hydrogens (tertiary/aromatic N) is 2. The molecule has 0 unspecified atom stereocenters. The summed E-state index contributed by atoms with van der Waals surface area (Å²) < 4.78 is 0. The highest BCUT2D eigenvalue weighted by atomic mass is 16.1. The van der Waals surface area contributed by atoms with E-state index < -0.39 is 0 Å². The van der Waals surface area contributed by atoms with Gasteiger partial charge < -0.3 is 5.32 Å². The summed E-state index contributed by atoms with van der Waals surface area (Å²) in [6.45, 7) is 0. The van der Waals surface area contributed by atoms with E-state index in [-0.39, 0.29) is 5.91 Å². The largest absolute Gasteiger partial charge is 0.321 e. The van der Waals surface area contributed by atoms with Crippen LogP contribution in [0.1, 0.15) is 10.5 Å². The molecule has 0 bridgehead atoms. The van der Waals surface area contributed by atoms with Crippen molar-refractivity contribution in [2.24, 2.45) is 0 Å². The van der Waals surface area contributed by atoms with Gasteiger partial charge in [-0.3, -0.25) is 14.9 Å². The molecule has 1 aromatic carbocycles. The van der Waals surface area contributed by atoms with Gasteiger partial charge in [0, 0.05) is 18.1 Å². The molecule has 3 aromatic rings. The van der Waals surface area contributed by atoms with E-state index in [1.165, 1.54) is 0 Å². The average Bonchev–Trinajstić information content (AvgIpc) is 2.84. The smallest absolute Gasteiger partial charge is 0.276 e. The number of hydrogen-bond acceptors (Lipinski definition) is 3. The highest BCUT2D eigenvalue weighted by Crippen LogP contribution is 2.15. The Bertz CT molecular complexity index is 690. The molecule has 0 aliphatic heterocycles. The molecule has 0 saturated heterocycles. The predicted molar refractivity (Wildman–Crippen MR) is 68.3 cm³/mol. The summed E-state index contributed by atoms with van der Waals surface area (Å²) in [6, 6.07) is 11.0. The number of H-pyrrole nitrogens is 1. The van der Waals surface area contributed by atoms with E-state index in [1.807, 2.05) is 30.3 Å². The van der Waals surface area contributed by atoms with E-state index in [9.17, 15) is 4.79 Å². The second-order valence-corrected chi connectivity index (χ2v) is 3.81. The highest BCUT2D eigenvalue weighted by Gasteiger charge is 2.13. The molecule has 18 heavy (non-hydrogen) atoms. The number of nitrogens with one attached hydrogen (secondary N) is 2. The summed E-state index contributed by atoms with van der Waals surface area (Å²) in [7, 11) is 0. The first kappa shape index (κ1) is 10.5. The number of hydrogen-bond donors (Lipinski definition) is 2. The molecule has 1 amide bonds. The molecule has 5 heteroatoms.